The van der Waals surface area contributed by atoms with Crippen LogP contribution in [-0.2, 0) is 19.9 Å². The first-order valence-electron chi connectivity index (χ1n) is 11.6. The molecule has 0 radical (unpaired) electrons. The summed E-state index contributed by atoms with van der Waals surface area (Å²) in [5.41, 5.74) is 4.26. The van der Waals surface area contributed by atoms with E-state index in [2.05, 4.69) is 25.2 Å². The maximum atomic E-state index is 13.5. The monoisotopic (exact) mass is 536 g/mol. The summed E-state index contributed by atoms with van der Waals surface area (Å²) in [6.07, 6.45) is -3.27. The minimum Gasteiger partial charge on any atom is -0.407 e. The molecule has 1 aliphatic heterocycles. The van der Waals surface area contributed by atoms with Crippen LogP contribution < -0.4 is 11.1 Å². The molecule has 2 amide bonds. The lowest BCUT2D eigenvalue weighted by molar-refractivity contribution is -0.310. The maximum Gasteiger partial charge on any atom is 0.572 e. The van der Waals surface area contributed by atoms with Crippen molar-refractivity contribution in [1.29, 1.82) is 0 Å². The molecule has 1 aromatic heterocycles. The molecule has 2 atom stereocenters. The van der Waals surface area contributed by atoms with Crippen molar-refractivity contribution in [2.75, 3.05) is 33.2 Å². The Hall–Kier alpha value is -3.29. The Morgan fingerprint density at radius 1 is 1.14 bits per heavy atom. The summed E-state index contributed by atoms with van der Waals surface area (Å²) in [6.45, 7) is 4.41. The van der Waals surface area contributed by atoms with E-state index in [4.69, 9.17) is 5.73 Å². The summed E-state index contributed by atoms with van der Waals surface area (Å²) in [5, 5.41) is 11.5. The molecular formula is C24H27F3N6O3S. The first-order chi connectivity index (χ1) is 17.5. The molecule has 0 spiro atoms. The first-order valence-corrected chi connectivity index (χ1v) is 12.4. The van der Waals surface area contributed by atoms with Crippen LogP contribution in [0.1, 0.15) is 18.4 Å². The van der Waals surface area contributed by atoms with Gasteiger partial charge in [0, 0.05) is 43.7 Å². The number of piperazine rings is 1. The Balaban J connectivity index is 1.76. The highest BCUT2D eigenvalue weighted by molar-refractivity contribution is 7.14. The van der Waals surface area contributed by atoms with Crippen LogP contribution in [0, 0.1) is 0 Å². The number of aromatic nitrogens is 2. The number of likely N-dealkylation sites (N-methyl/N-ethyl adjacent to an activating group) is 1. The molecule has 3 N–H and O–H groups in total. The molecule has 2 unspecified atom stereocenters. The molecule has 1 saturated heterocycles. The van der Waals surface area contributed by atoms with Crippen molar-refractivity contribution in [3.05, 3.63) is 58.8 Å². The van der Waals surface area contributed by atoms with Crippen LogP contribution in [0.5, 0.6) is 0 Å². The van der Waals surface area contributed by atoms with Crippen LogP contribution in [-0.4, -0.2) is 77.4 Å². The van der Waals surface area contributed by atoms with Gasteiger partial charge in [0.25, 0.3) is 0 Å². The zero-order valence-corrected chi connectivity index (χ0v) is 21.1. The number of nitrogens with one attached hydrogen (secondary N) is 1. The lowest BCUT2D eigenvalue weighted by Crippen LogP contribution is -2.58. The fourth-order valence-corrected chi connectivity index (χ4v) is 5.29. The van der Waals surface area contributed by atoms with Crippen molar-refractivity contribution >= 4 is 23.2 Å². The van der Waals surface area contributed by atoms with Crippen molar-refractivity contribution in [3.8, 4) is 10.6 Å². The smallest absolute Gasteiger partial charge is 0.407 e. The van der Waals surface area contributed by atoms with Gasteiger partial charge in [-0.2, -0.15) is 0 Å². The summed E-state index contributed by atoms with van der Waals surface area (Å²) in [6, 6.07) is 8.29. The Kier molecular flexibility index (Phi) is 7.67. The minimum atomic E-state index is -5.06. The molecule has 2 aliphatic rings. The number of alkyl halides is 3. The van der Waals surface area contributed by atoms with Crippen molar-refractivity contribution < 1.29 is 27.5 Å². The third kappa shape index (κ3) is 6.00. The molecule has 0 saturated carbocycles. The van der Waals surface area contributed by atoms with Gasteiger partial charge >= 0.3 is 6.36 Å². The highest BCUT2D eigenvalue weighted by atomic mass is 32.1. The van der Waals surface area contributed by atoms with Crippen LogP contribution in [0.2, 0.25) is 0 Å². The number of hydrogen-bond donors (Lipinski definition) is 2. The number of carbonyl (C=O) groups is 2. The number of benzene rings is 1. The van der Waals surface area contributed by atoms with Crippen LogP contribution in [0.25, 0.3) is 10.6 Å². The number of primary amides is 1. The molecule has 4 rings (SSSR count). The van der Waals surface area contributed by atoms with Gasteiger partial charge in [-0.15, -0.1) is 23.4 Å². The van der Waals surface area contributed by atoms with Crippen LogP contribution >= 0.6 is 11.3 Å². The van der Waals surface area contributed by atoms with Crippen LogP contribution in [0.15, 0.2) is 53.8 Å². The van der Waals surface area contributed by atoms with Gasteiger partial charge in [-0.1, -0.05) is 47.7 Å². The van der Waals surface area contributed by atoms with Crippen molar-refractivity contribution in [1.82, 2.24) is 25.3 Å². The molecule has 2 heterocycles. The van der Waals surface area contributed by atoms with Gasteiger partial charge in [0.2, 0.25) is 11.8 Å². The van der Waals surface area contributed by atoms with E-state index in [1.807, 2.05) is 18.0 Å². The standard InChI is InChI=1S/C24H27F3N6O3S/c1-15(33-12-10-32(2)11-13-33)20(35)29-23(22-31-30-21(37-22)16-6-4-3-5-7-16)14-17(19(28)34)8-9-18(23)36-24(25,26)27/h3-9,15H,10-14H2,1-2H3,(H2,28,34)(H,29,35). The summed E-state index contributed by atoms with van der Waals surface area (Å²) in [5.74, 6) is -2.00. The number of ether oxygens (including phenoxy) is 1. The zero-order chi connectivity index (χ0) is 26.8. The molecule has 0 bridgehead atoms. The Labute approximate surface area is 215 Å². The number of amides is 2. The second-order valence-corrected chi connectivity index (χ2v) is 9.98. The number of hydrogen-bond acceptors (Lipinski definition) is 8. The van der Waals surface area contributed by atoms with Gasteiger partial charge < -0.3 is 20.7 Å². The predicted molar refractivity (Wildman–Crippen MR) is 131 cm³/mol. The highest BCUT2D eigenvalue weighted by Gasteiger charge is 2.50. The Morgan fingerprint density at radius 3 is 2.43 bits per heavy atom. The van der Waals surface area contributed by atoms with Gasteiger partial charge in [-0.05, 0) is 20.0 Å². The van der Waals surface area contributed by atoms with Crippen LogP contribution in [0.4, 0.5) is 13.2 Å². The largest absolute Gasteiger partial charge is 0.572 e. The second kappa shape index (κ2) is 10.6. The van der Waals surface area contributed by atoms with Gasteiger partial charge in [0.05, 0.1) is 6.04 Å². The Bertz CT molecular complexity index is 1210. The SMILES string of the molecule is CC(C(=O)NC1(c2nnc(-c3ccccc3)s2)CC(C(N)=O)=CC=C1OC(F)(F)F)N1CCN(C)CC1. The highest BCUT2D eigenvalue weighted by Crippen LogP contribution is 2.44. The number of nitrogens with zero attached hydrogens (tertiary/aromatic N) is 4. The maximum absolute atomic E-state index is 13.5. The molecule has 9 nitrogen and oxygen atoms in total. The minimum absolute atomic E-state index is 0.0125. The summed E-state index contributed by atoms with van der Waals surface area (Å²) in [4.78, 5) is 29.7. The third-order valence-electron chi connectivity index (χ3n) is 6.47. The van der Waals surface area contributed by atoms with E-state index in [1.165, 1.54) is 0 Å². The number of allylic oxidation sites excluding steroid dienone is 2. The number of nitrogens with two attached hydrogens (primary N) is 1. The fraction of sp³-hybridized carbons (Fsp3) is 0.417. The molecular weight excluding hydrogens is 509 g/mol. The number of carbonyl (C=O) groups excluding carboxylic acids is 2. The van der Waals surface area contributed by atoms with Gasteiger partial charge in [0.1, 0.15) is 10.8 Å². The fourth-order valence-electron chi connectivity index (χ4n) is 4.29. The van der Waals surface area contributed by atoms with E-state index >= 15 is 0 Å². The van der Waals surface area contributed by atoms with Gasteiger partial charge in [-0.3, -0.25) is 14.5 Å². The van der Waals surface area contributed by atoms with E-state index in [1.54, 1.807) is 31.2 Å². The van der Waals surface area contributed by atoms with E-state index in [9.17, 15) is 22.8 Å². The molecule has 2 aromatic rings. The topological polar surface area (TPSA) is 114 Å². The van der Waals surface area contributed by atoms with E-state index in [0.29, 0.717) is 23.7 Å². The third-order valence-corrected chi connectivity index (χ3v) is 7.60. The molecule has 1 aromatic carbocycles. The number of rotatable bonds is 7. The molecule has 37 heavy (non-hydrogen) atoms. The quantitative estimate of drug-likeness (QED) is 0.559. The zero-order valence-electron chi connectivity index (χ0n) is 20.3. The summed E-state index contributed by atoms with van der Waals surface area (Å²) < 4.78 is 44.9. The number of halogens is 3. The van der Waals surface area contributed by atoms with Crippen LogP contribution in [0.3, 0.4) is 0 Å². The average Bonchev–Trinajstić information content (AvgIpc) is 3.36. The summed E-state index contributed by atoms with van der Waals surface area (Å²) >= 11 is 1.000. The average molecular weight is 537 g/mol. The molecule has 1 aliphatic carbocycles. The van der Waals surface area contributed by atoms with Crippen molar-refractivity contribution in [3.63, 3.8) is 0 Å². The van der Waals surface area contributed by atoms with E-state index in [0.717, 1.165) is 36.6 Å². The molecule has 1 fully saturated rings. The lowest BCUT2D eigenvalue weighted by Gasteiger charge is -2.40. The Morgan fingerprint density at radius 2 is 1.81 bits per heavy atom. The lowest BCUT2D eigenvalue weighted by atomic mass is 9.84. The predicted octanol–water partition coefficient (Wildman–Crippen LogP) is 2.39. The van der Waals surface area contributed by atoms with E-state index < -0.39 is 35.5 Å². The molecule has 198 valence electrons. The van der Waals surface area contributed by atoms with Gasteiger partial charge in [-0.25, -0.2) is 0 Å². The van der Waals surface area contributed by atoms with E-state index in [-0.39, 0.29) is 17.0 Å². The summed E-state index contributed by atoms with van der Waals surface area (Å²) in [7, 11) is 1.97. The van der Waals surface area contributed by atoms with Crippen molar-refractivity contribution in [2.45, 2.75) is 31.3 Å². The normalized spacial score (nSPS) is 22.1. The molecule has 13 heteroatoms. The van der Waals surface area contributed by atoms with Crippen molar-refractivity contribution in [2.24, 2.45) is 5.73 Å². The second-order valence-electron chi connectivity index (χ2n) is 9.00. The van der Waals surface area contributed by atoms with Gasteiger partial charge in [0.15, 0.2) is 10.5 Å². The first kappa shape index (κ1) is 26.8.